The fourth-order valence-corrected chi connectivity index (χ4v) is 3.03. The van der Waals surface area contributed by atoms with Crippen molar-refractivity contribution in [1.29, 1.82) is 0 Å². The lowest BCUT2D eigenvalue weighted by molar-refractivity contribution is -0.123. The first-order valence-electron chi connectivity index (χ1n) is 7.70. The number of amides is 1. The van der Waals surface area contributed by atoms with Gasteiger partial charge in [-0.1, -0.05) is 0 Å². The molecule has 2 aromatic heterocycles. The average Bonchev–Trinajstić information content (AvgIpc) is 3.17. The van der Waals surface area contributed by atoms with Crippen LogP contribution in [-0.2, 0) is 29.7 Å². The third kappa shape index (κ3) is 3.46. The number of methoxy groups -OCH3 is 1. The van der Waals surface area contributed by atoms with Gasteiger partial charge >= 0.3 is 0 Å². The molecule has 1 aliphatic heterocycles. The van der Waals surface area contributed by atoms with Crippen molar-refractivity contribution in [3.8, 4) is 0 Å². The minimum Gasteiger partial charge on any atom is -0.468 e. The molecule has 1 N–H and O–H groups in total. The van der Waals surface area contributed by atoms with Crippen LogP contribution in [0, 0.1) is 0 Å². The van der Waals surface area contributed by atoms with E-state index in [-0.39, 0.29) is 11.8 Å². The van der Waals surface area contributed by atoms with Crippen LogP contribution < -0.4 is 5.32 Å². The van der Waals surface area contributed by atoms with E-state index in [1.807, 2.05) is 23.7 Å². The van der Waals surface area contributed by atoms with Gasteiger partial charge in [-0.25, -0.2) is 4.98 Å². The fourth-order valence-electron chi connectivity index (χ4n) is 3.03. The zero-order chi connectivity index (χ0) is 16.2. The maximum Gasteiger partial charge on any atom is 0.230 e. The topological polar surface area (TPSA) is 72.5 Å². The van der Waals surface area contributed by atoms with Crippen LogP contribution in [0.2, 0.25) is 0 Å². The molecule has 1 amide bonds. The van der Waals surface area contributed by atoms with Crippen LogP contribution in [0.15, 0.2) is 29.1 Å². The van der Waals surface area contributed by atoms with Crippen LogP contribution in [-0.4, -0.2) is 47.2 Å². The highest BCUT2D eigenvalue weighted by atomic mass is 16.5. The number of hydrogen-bond donors (Lipinski definition) is 1. The van der Waals surface area contributed by atoms with Crippen molar-refractivity contribution in [2.75, 3.05) is 26.8 Å². The number of nitrogens with one attached hydrogen (secondary N) is 1. The van der Waals surface area contributed by atoms with Gasteiger partial charge in [-0.2, -0.15) is 0 Å². The Bertz CT molecular complexity index is 650. The summed E-state index contributed by atoms with van der Waals surface area (Å²) < 4.78 is 12.4. The van der Waals surface area contributed by atoms with Crippen molar-refractivity contribution >= 4 is 5.91 Å². The molecular weight excluding hydrogens is 296 g/mol. The van der Waals surface area contributed by atoms with Crippen LogP contribution in [0.25, 0.3) is 0 Å². The van der Waals surface area contributed by atoms with Gasteiger partial charge in [-0.15, -0.1) is 0 Å². The molecule has 0 aliphatic carbocycles. The summed E-state index contributed by atoms with van der Waals surface area (Å²) in [5, 5.41) is 2.94. The second-order valence-corrected chi connectivity index (χ2v) is 5.77. The normalized spacial score (nSPS) is 17.9. The smallest absolute Gasteiger partial charge is 0.230 e. The molecule has 0 fully saturated rings. The fraction of sp³-hybridized carbons (Fsp3) is 0.500. The van der Waals surface area contributed by atoms with E-state index in [2.05, 4.69) is 15.2 Å². The third-order valence-electron chi connectivity index (χ3n) is 4.09. The number of aryl methyl sites for hydroxylation is 1. The summed E-state index contributed by atoms with van der Waals surface area (Å²) in [4.78, 5) is 19.2. The molecule has 0 bridgehead atoms. The number of rotatable bonds is 6. The minimum absolute atomic E-state index is 0.0102. The van der Waals surface area contributed by atoms with Gasteiger partial charge in [0.1, 0.15) is 5.76 Å². The Balaban J connectivity index is 1.76. The SMILES string of the molecule is COCCNC(=O)[C@@H]1CN(Cc2ccco2)Cc2ncn(C)c21. The molecule has 0 unspecified atom stereocenters. The molecule has 1 aliphatic rings. The predicted molar refractivity (Wildman–Crippen MR) is 83.7 cm³/mol. The average molecular weight is 318 g/mol. The van der Waals surface area contributed by atoms with Gasteiger partial charge < -0.3 is 19.0 Å². The third-order valence-corrected chi connectivity index (χ3v) is 4.09. The highest BCUT2D eigenvalue weighted by Gasteiger charge is 2.33. The van der Waals surface area contributed by atoms with Gasteiger partial charge in [-0.3, -0.25) is 9.69 Å². The first-order chi connectivity index (χ1) is 11.2. The lowest BCUT2D eigenvalue weighted by Crippen LogP contribution is -2.42. The molecule has 7 heteroatoms. The molecule has 23 heavy (non-hydrogen) atoms. The molecule has 0 aromatic carbocycles. The number of fused-ring (bicyclic) bond motifs is 1. The van der Waals surface area contributed by atoms with E-state index >= 15 is 0 Å². The maximum absolute atomic E-state index is 12.6. The van der Waals surface area contributed by atoms with Gasteiger partial charge in [0.05, 0.1) is 43.0 Å². The van der Waals surface area contributed by atoms with Crippen molar-refractivity contribution in [3.05, 3.63) is 41.9 Å². The summed E-state index contributed by atoms with van der Waals surface area (Å²) in [7, 11) is 3.56. The highest BCUT2D eigenvalue weighted by Crippen LogP contribution is 2.28. The summed E-state index contributed by atoms with van der Waals surface area (Å²) in [6.45, 7) is 3.06. The molecule has 0 saturated heterocycles. The number of furan rings is 1. The summed E-state index contributed by atoms with van der Waals surface area (Å²) in [6.07, 6.45) is 3.44. The van der Waals surface area contributed by atoms with E-state index in [1.54, 1.807) is 19.7 Å². The van der Waals surface area contributed by atoms with Crippen LogP contribution >= 0.6 is 0 Å². The van der Waals surface area contributed by atoms with Gasteiger partial charge in [0.15, 0.2) is 0 Å². The molecule has 124 valence electrons. The number of nitrogens with zero attached hydrogens (tertiary/aromatic N) is 3. The van der Waals surface area contributed by atoms with E-state index < -0.39 is 0 Å². The Labute approximate surface area is 135 Å². The Hall–Kier alpha value is -2.12. The lowest BCUT2D eigenvalue weighted by Gasteiger charge is -2.31. The van der Waals surface area contributed by atoms with Crippen molar-refractivity contribution < 1.29 is 13.9 Å². The van der Waals surface area contributed by atoms with Crippen molar-refractivity contribution in [3.63, 3.8) is 0 Å². The van der Waals surface area contributed by atoms with E-state index in [1.165, 1.54) is 0 Å². The summed E-state index contributed by atoms with van der Waals surface area (Å²) in [5.41, 5.74) is 1.95. The van der Waals surface area contributed by atoms with Gasteiger partial charge in [0, 0.05) is 33.8 Å². The predicted octanol–water partition coefficient (Wildman–Crippen LogP) is 0.875. The second-order valence-electron chi connectivity index (χ2n) is 5.77. The number of hydrogen-bond acceptors (Lipinski definition) is 5. The largest absolute Gasteiger partial charge is 0.468 e. The molecule has 2 aromatic rings. The van der Waals surface area contributed by atoms with Crippen molar-refractivity contribution in [2.45, 2.75) is 19.0 Å². The Kier molecular flexibility index (Phi) is 4.78. The van der Waals surface area contributed by atoms with Crippen LogP contribution in [0.4, 0.5) is 0 Å². The zero-order valence-electron chi connectivity index (χ0n) is 13.5. The van der Waals surface area contributed by atoms with Crippen LogP contribution in [0.5, 0.6) is 0 Å². The first-order valence-corrected chi connectivity index (χ1v) is 7.70. The number of ether oxygens (including phenoxy) is 1. The molecule has 3 heterocycles. The maximum atomic E-state index is 12.6. The van der Waals surface area contributed by atoms with Gasteiger partial charge in [-0.05, 0) is 12.1 Å². The Morgan fingerprint density at radius 3 is 3.17 bits per heavy atom. The number of imidazole rings is 1. The molecule has 0 spiro atoms. The second kappa shape index (κ2) is 6.97. The quantitative estimate of drug-likeness (QED) is 0.800. The number of aromatic nitrogens is 2. The first kappa shape index (κ1) is 15.8. The molecule has 3 rings (SSSR count). The molecular formula is C16H22N4O3. The summed E-state index contributed by atoms with van der Waals surface area (Å²) in [6, 6.07) is 3.82. The summed E-state index contributed by atoms with van der Waals surface area (Å²) in [5.74, 6) is 0.664. The molecule has 0 saturated carbocycles. The van der Waals surface area contributed by atoms with E-state index in [0.29, 0.717) is 26.2 Å². The molecule has 0 radical (unpaired) electrons. The van der Waals surface area contributed by atoms with Crippen LogP contribution in [0.1, 0.15) is 23.1 Å². The number of carbonyl (C=O) groups excluding carboxylic acids is 1. The monoisotopic (exact) mass is 318 g/mol. The summed E-state index contributed by atoms with van der Waals surface area (Å²) >= 11 is 0. The van der Waals surface area contributed by atoms with E-state index in [9.17, 15) is 4.79 Å². The lowest BCUT2D eigenvalue weighted by atomic mass is 9.97. The van der Waals surface area contributed by atoms with Crippen molar-refractivity contribution in [1.82, 2.24) is 19.8 Å². The molecule has 1 atom stereocenters. The molecule has 7 nitrogen and oxygen atoms in total. The van der Waals surface area contributed by atoms with Gasteiger partial charge in [0.25, 0.3) is 0 Å². The highest BCUT2D eigenvalue weighted by molar-refractivity contribution is 5.84. The standard InChI is InChI=1S/C16H22N4O3/c1-19-11-18-14-10-20(8-12-4-3-6-23-12)9-13(15(14)19)16(21)17-5-7-22-2/h3-4,6,11,13H,5,7-10H2,1-2H3,(H,17,21)/t13-/m1/s1. The van der Waals surface area contributed by atoms with E-state index in [4.69, 9.17) is 9.15 Å². The minimum atomic E-state index is -0.238. The van der Waals surface area contributed by atoms with Crippen molar-refractivity contribution in [2.24, 2.45) is 7.05 Å². The zero-order valence-corrected chi connectivity index (χ0v) is 13.5. The Morgan fingerprint density at radius 1 is 1.57 bits per heavy atom. The van der Waals surface area contributed by atoms with E-state index in [0.717, 1.165) is 23.7 Å². The van der Waals surface area contributed by atoms with Crippen LogP contribution in [0.3, 0.4) is 0 Å². The Morgan fingerprint density at radius 2 is 2.43 bits per heavy atom. The van der Waals surface area contributed by atoms with Gasteiger partial charge in [0.2, 0.25) is 5.91 Å². The number of carbonyl (C=O) groups is 1.